The van der Waals surface area contributed by atoms with E-state index in [2.05, 4.69) is 6.92 Å². The van der Waals surface area contributed by atoms with Crippen molar-refractivity contribution >= 4 is 11.9 Å². The predicted octanol–water partition coefficient (Wildman–Crippen LogP) is 5.95. The van der Waals surface area contributed by atoms with E-state index in [0.717, 1.165) is 41.5 Å². The van der Waals surface area contributed by atoms with Gasteiger partial charge in [-0.3, -0.25) is 9.59 Å². The highest BCUT2D eigenvalue weighted by Crippen LogP contribution is 2.41. The molecule has 2 unspecified atom stereocenters. The molecule has 4 atom stereocenters. The Morgan fingerprint density at radius 1 is 1.00 bits per heavy atom. The van der Waals surface area contributed by atoms with E-state index in [1.165, 1.54) is 0 Å². The third-order valence-electron chi connectivity index (χ3n) is 8.10. The molecule has 0 saturated heterocycles. The van der Waals surface area contributed by atoms with Crippen LogP contribution in [0.3, 0.4) is 0 Å². The van der Waals surface area contributed by atoms with Crippen molar-refractivity contribution in [3.63, 3.8) is 0 Å². The second kappa shape index (κ2) is 12.6. The Morgan fingerprint density at radius 3 is 2.38 bits per heavy atom. The lowest BCUT2D eigenvalue weighted by Crippen LogP contribution is -2.48. The summed E-state index contributed by atoms with van der Waals surface area (Å²) < 4.78 is 18.4. The van der Waals surface area contributed by atoms with Crippen molar-refractivity contribution in [3.8, 4) is 11.5 Å². The first kappa shape index (κ1) is 27.7. The van der Waals surface area contributed by atoms with Crippen LogP contribution in [-0.4, -0.2) is 41.1 Å². The summed E-state index contributed by atoms with van der Waals surface area (Å²) in [6, 6.07) is 22.6. The second-order valence-electron chi connectivity index (χ2n) is 10.8. The molecule has 1 aliphatic carbocycles. The molecule has 1 fully saturated rings. The number of rotatable bonds is 10. The molecule has 210 valence electrons. The molecule has 7 nitrogen and oxygen atoms in total. The van der Waals surface area contributed by atoms with Crippen molar-refractivity contribution in [3.05, 3.63) is 95.1 Å². The van der Waals surface area contributed by atoms with Gasteiger partial charge in [-0.15, -0.1) is 0 Å². The van der Waals surface area contributed by atoms with E-state index < -0.39 is 18.1 Å². The fourth-order valence-electron chi connectivity index (χ4n) is 5.91. The summed E-state index contributed by atoms with van der Waals surface area (Å²) in [5.41, 5.74) is 3.60. The molecule has 1 heterocycles. The van der Waals surface area contributed by atoms with E-state index in [4.69, 9.17) is 14.2 Å². The monoisotopic (exact) mass is 543 g/mol. The smallest absolute Gasteiger partial charge is 0.305 e. The molecule has 0 bridgehead atoms. The standard InChI is InChI=1S/C33H37NO6/c1-22-10-9-15-28(22)40-31(24-13-7-4-8-14-24)33(37)34-20-25-16-17-29(38-2)32(27(25)18-26(34)19-30(35)36)39-21-23-11-5-3-6-12-23/h3-8,11-14,16-17,22,26,28,31H,9-10,15,18-21H2,1-2H3,(H,35,36)/t22?,26-,28?,31+/m1/s1. The topological polar surface area (TPSA) is 85.3 Å². The number of ether oxygens (including phenoxy) is 3. The number of amides is 1. The highest BCUT2D eigenvalue weighted by atomic mass is 16.5. The molecule has 0 aromatic heterocycles. The van der Waals surface area contributed by atoms with E-state index in [9.17, 15) is 14.7 Å². The zero-order valence-electron chi connectivity index (χ0n) is 23.1. The van der Waals surface area contributed by atoms with E-state index in [0.29, 0.717) is 30.4 Å². The number of fused-ring (bicyclic) bond motifs is 1. The summed E-state index contributed by atoms with van der Waals surface area (Å²) in [7, 11) is 1.59. The summed E-state index contributed by atoms with van der Waals surface area (Å²) in [5, 5.41) is 9.83. The third kappa shape index (κ3) is 6.15. The molecule has 1 saturated carbocycles. The number of aliphatic carboxylic acids is 1. The van der Waals surface area contributed by atoms with Crippen molar-refractivity contribution < 1.29 is 28.9 Å². The number of carbonyl (C=O) groups excluding carboxylic acids is 1. The Hall–Kier alpha value is -3.84. The second-order valence-corrected chi connectivity index (χ2v) is 10.8. The van der Waals surface area contributed by atoms with Gasteiger partial charge in [0.15, 0.2) is 17.6 Å². The number of hydrogen-bond acceptors (Lipinski definition) is 5. The van der Waals surface area contributed by atoms with Crippen LogP contribution in [0.1, 0.15) is 61.0 Å². The minimum atomic E-state index is -0.956. The lowest BCUT2D eigenvalue weighted by Gasteiger charge is -2.39. The first-order valence-electron chi connectivity index (χ1n) is 14.0. The Kier molecular flexibility index (Phi) is 8.70. The maximum absolute atomic E-state index is 14.3. The summed E-state index contributed by atoms with van der Waals surface area (Å²) in [6.07, 6.45) is 2.43. The zero-order valence-corrected chi connectivity index (χ0v) is 23.1. The molecule has 0 radical (unpaired) electrons. The fraction of sp³-hybridized carbons (Fsp3) is 0.394. The van der Waals surface area contributed by atoms with Crippen LogP contribution in [-0.2, 0) is 33.9 Å². The summed E-state index contributed by atoms with van der Waals surface area (Å²) in [6.45, 7) is 2.78. The average molecular weight is 544 g/mol. The van der Waals surface area contributed by atoms with Crippen LogP contribution in [0.25, 0.3) is 0 Å². The first-order valence-corrected chi connectivity index (χ1v) is 14.0. The van der Waals surface area contributed by atoms with Crippen LogP contribution in [0.15, 0.2) is 72.8 Å². The van der Waals surface area contributed by atoms with Crippen LogP contribution < -0.4 is 9.47 Å². The zero-order chi connectivity index (χ0) is 28.1. The highest BCUT2D eigenvalue weighted by molar-refractivity contribution is 5.84. The summed E-state index contributed by atoms with van der Waals surface area (Å²) in [4.78, 5) is 28.0. The molecule has 3 aromatic carbocycles. The van der Waals surface area contributed by atoms with Crippen molar-refractivity contribution in [1.82, 2.24) is 4.90 Å². The van der Waals surface area contributed by atoms with E-state index in [-0.39, 0.29) is 25.0 Å². The van der Waals surface area contributed by atoms with Crippen LogP contribution in [0, 0.1) is 5.92 Å². The Labute approximate surface area is 235 Å². The molecule has 1 aliphatic heterocycles. The highest BCUT2D eigenvalue weighted by Gasteiger charge is 2.39. The number of carboxylic acids is 1. The lowest BCUT2D eigenvalue weighted by atomic mass is 9.90. The van der Waals surface area contributed by atoms with Crippen molar-refractivity contribution in [2.45, 2.75) is 70.4 Å². The van der Waals surface area contributed by atoms with Gasteiger partial charge in [-0.1, -0.05) is 80.1 Å². The fourth-order valence-corrected chi connectivity index (χ4v) is 5.91. The Morgan fingerprint density at radius 2 is 1.73 bits per heavy atom. The molecule has 1 amide bonds. The average Bonchev–Trinajstić information content (AvgIpc) is 3.38. The number of benzene rings is 3. The van der Waals surface area contributed by atoms with Gasteiger partial charge in [-0.05, 0) is 47.9 Å². The minimum absolute atomic E-state index is 0.00796. The van der Waals surface area contributed by atoms with Gasteiger partial charge >= 0.3 is 5.97 Å². The van der Waals surface area contributed by atoms with Crippen LogP contribution in [0.5, 0.6) is 11.5 Å². The molecule has 7 heteroatoms. The number of nitrogens with zero attached hydrogens (tertiary/aromatic N) is 1. The predicted molar refractivity (Wildman–Crippen MR) is 151 cm³/mol. The molecular weight excluding hydrogens is 506 g/mol. The lowest BCUT2D eigenvalue weighted by molar-refractivity contribution is -0.155. The van der Waals surface area contributed by atoms with Gasteiger partial charge in [-0.25, -0.2) is 0 Å². The normalized spacial score (nSPS) is 20.9. The van der Waals surface area contributed by atoms with Gasteiger partial charge in [0.05, 0.1) is 19.6 Å². The Bertz CT molecular complexity index is 1310. The quantitative estimate of drug-likeness (QED) is 0.340. The first-order chi connectivity index (χ1) is 19.4. The number of methoxy groups -OCH3 is 1. The van der Waals surface area contributed by atoms with Crippen LogP contribution >= 0.6 is 0 Å². The molecular formula is C33H37NO6. The van der Waals surface area contributed by atoms with Crippen LogP contribution in [0.2, 0.25) is 0 Å². The molecule has 5 rings (SSSR count). The van der Waals surface area contributed by atoms with Gasteiger partial charge in [0.1, 0.15) is 6.61 Å². The number of carboxylic acid groups (broad SMARTS) is 1. The van der Waals surface area contributed by atoms with Gasteiger partial charge in [-0.2, -0.15) is 0 Å². The summed E-state index contributed by atoms with van der Waals surface area (Å²) in [5.74, 6) is 0.395. The van der Waals surface area contributed by atoms with Crippen molar-refractivity contribution in [2.75, 3.05) is 7.11 Å². The van der Waals surface area contributed by atoms with E-state index >= 15 is 0 Å². The van der Waals surface area contributed by atoms with Crippen molar-refractivity contribution in [1.29, 1.82) is 0 Å². The molecule has 2 aliphatic rings. The maximum Gasteiger partial charge on any atom is 0.305 e. The molecule has 40 heavy (non-hydrogen) atoms. The van der Waals surface area contributed by atoms with E-state index in [1.54, 1.807) is 12.0 Å². The summed E-state index contributed by atoms with van der Waals surface area (Å²) >= 11 is 0. The van der Waals surface area contributed by atoms with Gasteiger partial charge in [0.25, 0.3) is 5.91 Å². The maximum atomic E-state index is 14.3. The van der Waals surface area contributed by atoms with Gasteiger partial charge < -0.3 is 24.2 Å². The molecule has 0 spiro atoms. The molecule has 1 N–H and O–H groups in total. The van der Waals surface area contributed by atoms with Crippen LogP contribution in [0.4, 0.5) is 0 Å². The SMILES string of the molecule is COc1ccc2c(c1OCc1ccccc1)C[C@H](CC(=O)O)N(C(=O)[C@@H](OC1CCCC1C)c1ccccc1)C2. The molecule has 3 aromatic rings. The largest absolute Gasteiger partial charge is 0.493 e. The number of hydrogen-bond donors (Lipinski definition) is 1. The van der Waals surface area contributed by atoms with Crippen molar-refractivity contribution in [2.24, 2.45) is 5.92 Å². The van der Waals surface area contributed by atoms with E-state index in [1.807, 2.05) is 72.8 Å². The van der Waals surface area contributed by atoms with Gasteiger partial charge in [0.2, 0.25) is 0 Å². The van der Waals surface area contributed by atoms with Gasteiger partial charge in [0, 0.05) is 18.2 Å². The Balaban J connectivity index is 1.47. The minimum Gasteiger partial charge on any atom is -0.493 e. The third-order valence-corrected chi connectivity index (χ3v) is 8.10. The number of carbonyl (C=O) groups is 2.